The number of hydrogen-bond acceptors (Lipinski definition) is 4. The standard InChI is InChI=1S/C23H31FN4O3/c1-26(2)12-13-28(23(30)17-6-8-19(24)9-7-17)15-18-14-20(25-22(29)16-31-5)10-11-21(18)27(3)4/h6-11,14H,12-13,15-16H2,1-5H3,(H,25,29)/p+1. The Morgan fingerprint density at radius 1 is 1.10 bits per heavy atom. The predicted octanol–water partition coefficient (Wildman–Crippen LogP) is 1.26. The third-order valence-electron chi connectivity index (χ3n) is 4.74. The van der Waals surface area contributed by atoms with Crippen LogP contribution < -0.4 is 15.1 Å². The van der Waals surface area contributed by atoms with Crippen molar-refractivity contribution in [1.82, 2.24) is 4.90 Å². The van der Waals surface area contributed by atoms with Crippen molar-refractivity contribution in [2.45, 2.75) is 6.54 Å². The molecule has 2 rings (SSSR count). The molecule has 8 heteroatoms. The van der Waals surface area contributed by atoms with Crippen LogP contribution >= 0.6 is 0 Å². The number of methoxy groups -OCH3 is 1. The highest BCUT2D eigenvalue weighted by Crippen LogP contribution is 2.25. The van der Waals surface area contributed by atoms with Crippen LogP contribution in [-0.2, 0) is 16.1 Å². The normalized spacial score (nSPS) is 10.8. The van der Waals surface area contributed by atoms with E-state index >= 15 is 0 Å². The number of rotatable bonds is 10. The molecule has 0 atom stereocenters. The van der Waals surface area contributed by atoms with Crippen LogP contribution in [0, 0.1) is 5.82 Å². The molecule has 2 amide bonds. The van der Waals surface area contributed by atoms with Crippen LogP contribution in [0.15, 0.2) is 42.5 Å². The average Bonchev–Trinajstić information content (AvgIpc) is 2.71. The molecule has 0 spiro atoms. The molecule has 0 saturated carbocycles. The van der Waals surface area contributed by atoms with Gasteiger partial charge in [-0.1, -0.05) is 0 Å². The topological polar surface area (TPSA) is 66.3 Å². The first-order valence-corrected chi connectivity index (χ1v) is 10.1. The first-order valence-electron chi connectivity index (χ1n) is 10.1. The molecular weight excluding hydrogens is 399 g/mol. The van der Waals surface area contributed by atoms with Gasteiger partial charge in [0.15, 0.2) is 0 Å². The molecule has 0 fully saturated rings. The number of nitrogens with zero attached hydrogens (tertiary/aromatic N) is 2. The van der Waals surface area contributed by atoms with Crippen molar-refractivity contribution in [3.63, 3.8) is 0 Å². The number of amides is 2. The summed E-state index contributed by atoms with van der Waals surface area (Å²) >= 11 is 0. The molecule has 168 valence electrons. The summed E-state index contributed by atoms with van der Waals surface area (Å²) in [4.78, 5) is 30.0. The molecule has 2 N–H and O–H groups in total. The first-order chi connectivity index (χ1) is 14.7. The molecule has 0 heterocycles. The molecule has 0 unspecified atom stereocenters. The average molecular weight is 432 g/mol. The minimum Gasteiger partial charge on any atom is -0.377 e. The third kappa shape index (κ3) is 7.34. The number of nitrogens with one attached hydrogen (secondary N) is 2. The van der Waals surface area contributed by atoms with Crippen molar-refractivity contribution in [3.8, 4) is 0 Å². The van der Waals surface area contributed by atoms with Gasteiger partial charge in [0.2, 0.25) is 5.91 Å². The van der Waals surface area contributed by atoms with E-state index in [1.807, 2.05) is 51.3 Å². The Hall–Kier alpha value is -2.97. The first kappa shape index (κ1) is 24.3. The molecule has 0 radical (unpaired) electrons. The van der Waals surface area contributed by atoms with Crippen LogP contribution in [-0.4, -0.2) is 71.7 Å². The highest BCUT2D eigenvalue weighted by molar-refractivity contribution is 5.94. The number of ether oxygens (including phenoxy) is 1. The Labute approximate surface area is 183 Å². The van der Waals surface area contributed by atoms with Gasteiger partial charge in [0.05, 0.1) is 27.2 Å². The Morgan fingerprint density at radius 3 is 2.35 bits per heavy atom. The molecule has 0 aromatic heterocycles. The second-order valence-electron chi connectivity index (χ2n) is 7.91. The number of halogens is 1. The molecule has 0 aliphatic heterocycles. The zero-order valence-electron chi connectivity index (χ0n) is 18.9. The lowest BCUT2D eigenvalue weighted by molar-refractivity contribution is -0.857. The lowest BCUT2D eigenvalue weighted by atomic mass is 10.1. The van der Waals surface area contributed by atoms with Crippen LogP contribution in [0.3, 0.4) is 0 Å². The smallest absolute Gasteiger partial charge is 0.254 e. The molecule has 2 aromatic rings. The fraction of sp³-hybridized carbons (Fsp3) is 0.391. The summed E-state index contributed by atoms with van der Waals surface area (Å²) in [6.07, 6.45) is 0. The quantitative estimate of drug-likeness (QED) is 0.595. The Balaban J connectivity index is 2.34. The summed E-state index contributed by atoms with van der Waals surface area (Å²) in [6.45, 7) is 1.61. The van der Waals surface area contributed by atoms with Gasteiger partial charge in [-0.25, -0.2) is 4.39 Å². The molecule has 0 aliphatic carbocycles. The number of hydrogen-bond donors (Lipinski definition) is 2. The van der Waals surface area contributed by atoms with Gasteiger partial charge < -0.3 is 24.8 Å². The molecule has 0 aliphatic rings. The van der Waals surface area contributed by atoms with Crippen LogP contribution in [0.25, 0.3) is 0 Å². The largest absolute Gasteiger partial charge is 0.377 e. The maximum absolute atomic E-state index is 13.3. The molecular formula is C23H32FN4O3+. The minimum absolute atomic E-state index is 0.0362. The highest BCUT2D eigenvalue weighted by Gasteiger charge is 2.20. The Bertz CT molecular complexity index is 885. The van der Waals surface area contributed by atoms with E-state index in [4.69, 9.17) is 4.74 Å². The van der Waals surface area contributed by atoms with E-state index in [0.717, 1.165) is 17.8 Å². The van der Waals surface area contributed by atoms with E-state index in [0.29, 0.717) is 24.3 Å². The van der Waals surface area contributed by atoms with E-state index in [1.54, 1.807) is 4.90 Å². The number of likely N-dealkylation sites (N-methyl/N-ethyl adjacent to an activating group) is 1. The summed E-state index contributed by atoms with van der Waals surface area (Å²) in [6, 6.07) is 11.2. The maximum Gasteiger partial charge on any atom is 0.254 e. The lowest BCUT2D eigenvalue weighted by Gasteiger charge is -2.27. The Morgan fingerprint density at radius 2 is 1.77 bits per heavy atom. The number of carbonyl (C=O) groups is 2. The predicted molar refractivity (Wildman–Crippen MR) is 120 cm³/mol. The summed E-state index contributed by atoms with van der Waals surface area (Å²) in [5.74, 6) is -0.795. The summed E-state index contributed by atoms with van der Waals surface area (Å²) in [5, 5.41) is 2.81. The minimum atomic E-state index is -0.379. The van der Waals surface area contributed by atoms with E-state index < -0.39 is 0 Å². The monoisotopic (exact) mass is 431 g/mol. The third-order valence-corrected chi connectivity index (χ3v) is 4.74. The second kappa shape index (κ2) is 11.4. The molecule has 7 nitrogen and oxygen atoms in total. The molecule has 0 bridgehead atoms. The molecule has 2 aromatic carbocycles. The van der Waals surface area contributed by atoms with Crippen molar-refractivity contribution in [2.75, 3.05) is 65.2 Å². The van der Waals surface area contributed by atoms with Crippen LogP contribution in [0.2, 0.25) is 0 Å². The maximum atomic E-state index is 13.3. The summed E-state index contributed by atoms with van der Waals surface area (Å²) in [7, 11) is 9.37. The zero-order chi connectivity index (χ0) is 23.0. The number of quaternary nitrogens is 1. The van der Waals surface area contributed by atoms with Crippen molar-refractivity contribution < 1.29 is 23.6 Å². The molecule has 0 saturated heterocycles. The fourth-order valence-electron chi connectivity index (χ4n) is 3.15. The highest BCUT2D eigenvalue weighted by atomic mass is 19.1. The number of benzene rings is 2. The van der Waals surface area contributed by atoms with Crippen molar-refractivity contribution in [1.29, 1.82) is 0 Å². The summed E-state index contributed by atoms with van der Waals surface area (Å²) < 4.78 is 18.2. The van der Waals surface area contributed by atoms with Crippen LogP contribution in [0.5, 0.6) is 0 Å². The van der Waals surface area contributed by atoms with Gasteiger partial charge >= 0.3 is 0 Å². The van der Waals surface area contributed by atoms with Crippen molar-refractivity contribution in [2.24, 2.45) is 0 Å². The van der Waals surface area contributed by atoms with E-state index in [2.05, 4.69) is 5.32 Å². The van der Waals surface area contributed by atoms with Gasteiger partial charge in [0.25, 0.3) is 5.91 Å². The van der Waals surface area contributed by atoms with Gasteiger partial charge in [-0.05, 0) is 48.0 Å². The zero-order valence-corrected chi connectivity index (χ0v) is 18.9. The van der Waals surface area contributed by atoms with Gasteiger partial charge in [0.1, 0.15) is 12.4 Å². The number of carbonyl (C=O) groups excluding carboxylic acids is 2. The lowest BCUT2D eigenvalue weighted by Crippen LogP contribution is -3.06. The van der Waals surface area contributed by atoms with E-state index in [1.165, 1.54) is 36.3 Å². The Kier molecular flexibility index (Phi) is 8.96. The van der Waals surface area contributed by atoms with Gasteiger partial charge in [-0.3, -0.25) is 9.59 Å². The van der Waals surface area contributed by atoms with Gasteiger partial charge in [-0.15, -0.1) is 0 Å². The number of anilines is 2. The SMILES string of the molecule is COCC(=O)Nc1ccc(N(C)C)c(CN(CC[NH+](C)C)C(=O)c2ccc(F)cc2)c1. The summed E-state index contributed by atoms with van der Waals surface area (Å²) in [5.41, 5.74) is 2.91. The van der Waals surface area contributed by atoms with Crippen molar-refractivity contribution in [3.05, 3.63) is 59.4 Å². The second-order valence-corrected chi connectivity index (χ2v) is 7.91. The van der Waals surface area contributed by atoms with E-state index in [9.17, 15) is 14.0 Å². The van der Waals surface area contributed by atoms with E-state index in [-0.39, 0.29) is 24.2 Å². The molecule has 31 heavy (non-hydrogen) atoms. The van der Waals surface area contributed by atoms with Gasteiger partial charge in [0, 0.05) is 44.7 Å². The van der Waals surface area contributed by atoms with Gasteiger partial charge in [-0.2, -0.15) is 0 Å². The fourth-order valence-corrected chi connectivity index (χ4v) is 3.15. The van der Waals surface area contributed by atoms with Crippen LogP contribution in [0.1, 0.15) is 15.9 Å². The van der Waals surface area contributed by atoms with Crippen molar-refractivity contribution >= 4 is 23.2 Å². The van der Waals surface area contributed by atoms with Crippen LogP contribution in [0.4, 0.5) is 15.8 Å².